The topological polar surface area (TPSA) is 54.5 Å². The molecule has 0 fully saturated rings. The van der Waals surface area contributed by atoms with Crippen molar-refractivity contribution >= 4 is 18.1 Å². The van der Waals surface area contributed by atoms with Crippen LogP contribution in [0.15, 0.2) is 24.3 Å². The molecule has 1 atom stereocenters. The second kappa shape index (κ2) is 4.05. The van der Waals surface area contributed by atoms with E-state index in [1.807, 2.05) is 20.8 Å². The number of hydrogen-bond acceptors (Lipinski definition) is 3. The van der Waals surface area contributed by atoms with Crippen molar-refractivity contribution in [1.29, 1.82) is 0 Å². The molecule has 0 unspecified atom stereocenters. The van der Waals surface area contributed by atoms with Crippen molar-refractivity contribution in [3.63, 3.8) is 0 Å². The first-order valence-corrected chi connectivity index (χ1v) is 5.80. The maximum atomic E-state index is 12.2. The van der Waals surface area contributed by atoms with Crippen molar-refractivity contribution in [2.75, 3.05) is 0 Å². The molecule has 94 valence electrons. The second-order valence-corrected chi connectivity index (χ2v) is 5.47. The predicted molar refractivity (Wildman–Crippen MR) is 66.2 cm³/mol. The quantitative estimate of drug-likeness (QED) is 0.590. The highest BCUT2D eigenvalue weighted by Gasteiger charge is 2.43. The van der Waals surface area contributed by atoms with E-state index >= 15 is 0 Å². The van der Waals surface area contributed by atoms with Gasteiger partial charge in [-0.15, -0.1) is 0 Å². The number of fused-ring (bicyclic) bond motifs is 1. The van der Waals surface area contributed by atoms with E-state index in [4.69, 9.17) is 0 Å². The summed E-state index contributed by atoms with van der Waals surface area (Å²) in [6, 6.07) is 5.89. The van der Waals surface area contributed by atoms with Crippen molar-refractivity contribution < 1.29 is 14.4 Å². The molecule has 0 aliphatic carbocycles. The van der Waals surface area contributed by atoms with Crippen LogP contribution in [0.4, 0.5) is 0 Å². The first-order valence-electron chi connectivity index (χ1n) is 5.80. The fraction of sp³-hybridized carbons (Fsp3) is 0.357. The summed E-state index contributed by atoms with van der Waals surface area (Å²) in [6.07, 6.45) is 0.668. The summed E-state index contributed by atoms with van der Waals surface area (Å²) in [7, 11) is 0. The lowest BCUT2D eigenvalue weighted by Crippen LogP contribution is -2.48. The summed E-state index contributed by atoms with van der Waals surface area (Å²) in [5.74, 6) is -0.773. The monoisotopic (exact) mass is 245 g/mol. The van der Waals surface area contributed by atoms with Crippen molar-refractivity contribution in [2.24, 2.45) is 5.41 Å². The van der Waals surface area contributed by atoms with Gasteiger partial charge in [-0.3, -0.25) is 14.5 Å². The Morgan fingerprint density at radius 1 is 1.06 bits per heavy atom. The van der Waals surface area contributed by atoms with Crippen molar-refractivity contribution in [1.82, 2.24) is 4.90 Å². The number of nitrogens with zero attached hydrogens (tertiary/aromatic N) is 1. The first-order chi connectivity index (χ1) is 8.38. The van der Waals surface area contributed by atoms with E-state index in [2.05, 4.69) is 0 Å². The zero-order valence-corrected chi connectivity index (χ0v) is 10.6. The molecule has 1 aliphatic rings. The average Bonchev–Trinajstić information content (AvgIpc) is 2.54. The van der Waals surface area contributed by atoms with Crippen molar-refractivity contribution in [3.8, 4) is 0 Å². The van der Waals surface area contributed by atoms with E-state index in [0.29, 0.717) is 17.4 Å². The summed E-state index contributed by atoms with van der Waals surface area (Å²) in [4.78, 5) is 36.7. The highest BCUT2D eigenvalue weighted by atomic mass is 16.2. The molecule has 4 heteroatoms. The van der Waals surface area contributed by atoms with Crippen LogP contribution in [0.3, 0.4) is 0 Å². The minimum atomic E-state index is -0.745. The van der Waals surface area contributed by atoms with Crippen LogP contribution in [0.2, 0.25) is 0 Å². The Labute approximate surface area is 106 Å². The second-order valence-electron chi connectivity index (χ2n) is 5.47. The number of rotatable bonds is 2. The van der Waals surface area contributed by atoms with Gasteiger partial charge in [0.25, 0.3) is 11.8 Å². The molecule has 0 radical (unpaired) electrons. The largest absolute Gasteiger partial charge is 0.301 e. The van der Waals surface area contributed by atoms with Crippen LogP contribution in [0.5, 0.6) is 0 Å². The highest BCUT2D eigenvalue weighted by molar-refractivity contribution is 6.22. The number of amides is 2. The predicted octanol–water partition coefficient (Wildman–Crippen LogP) is 1.90. The van der Waals surface area contributed by atoms with Gasteiger partial charge in [0.2, 0.25) is 0 Å². The van der Waals surface area contributed by atoms with Gasteiger partial charge in [0.1, 0.15) is 12.3 Å². The third-order valence-corrected chi connectivity index (χ3v) is 3.12. The zero-order valence-electron chi connectivity index (χ0n) is 10.6. The number of benzene rings is 1. The summed E-state index contributed by atoms with van der Waals surface area (Å²) in [6.45, 7) is 5.49. The molecule has 0 bridgehead atoms. The van der Waals surface area contributed by atoms with Crippen LogP contribution >= 0.6 is 0 Å². The normalized spacial score (nSPS) is 16.7. The van der Waals surface area contributed by atoms with Gasteiger partial charge < -0.3 is 4.79 Å². The summed E-state index contributed by atoms with van der Waals surface area (Å²) in [5.41, 5.74) is 0.270. The Morgan fingerprint density at radius 3 is 1.83 bits per heavy atom. The van der Waals surface area contributed by atoms with Gasteiger partial charge in [0, 0.05) is 0 Å². The Hall–Kier alpha value is -1.97. The van der Waals surface area contributed by atoms with Gasteiger partial charge in [-0.05, 0) is 17.5 Å². The molecule has 1 aromatic carbocycles. The summed E-state index contributed by atoms with van der Waals surface area (Å²) < 4.78 is 0. The standard InChI is InChI=1S/C14H15NO3/c1-14(2,3)11(8-16)15-12(17)9-6-4-5-7-10(9)13(15)18/h4-8,11H,1-3H3/t11-/m1/s1. The van der Waals surface area contributed by atoms with Crippen molar-refractivity contribution in [2.45, 2.75) is 26.8 Å². The van der Waals surface area contributed by atoms with Gasteiger partial charge in [0.15, 0.2) is 0 Å². The van der Waals surface area contributed by atoms with Crippen LogP contribution in [-0.4, -0.2) is 29.0 Å². The van der Waals surface area contributed by atoms with E-state index in [1.165, 1.54) is 0 Å². The van der Waals surface area contributed by atoms with Crippen molar-refractivity contribution in [3.05, 3.63) is 35.4 Å². The number of aldehydes is 1. The Kier molecular flexibility index (Phi) is 2.81. The van der Waals surface area contributed by atoms with E-state index in [9.17, 15) is 14.4 Å². The molecule has 4 nitrogen and oxygen atoms in total. The molecule has 1 aliphatic heterocycles. The summed E-state index contributed by atoms with van der Waals surface area (Å²) in [5, 5.41) is 0. The van der Waals surface area contributed by atoms with E-state index in [0.717, 1.165) is 4.90 Å². The Morgan fingerprint density at radius 2 is 1.50 bits per heavy atom. The average molecular weight is 245 g/mol. The lowest BCUT2D eigenvalue weighted by atomic mass is 9.86. The minimum Gasteiger partial charge on any atom is -0.301 e. The fourth-order valence-corrected chi connectivity index (χ4v) is 2.11. The highest BCUT2D eigenvalue weighted by Crippen LogP contribution is 2.30. The molecular formula is C14H15NO3. The maximum absolute atomic E-state index is 12.2. The van der Waals surface area contributed by atoms with E-state index in [-0.39, 0.29) is 11.8 Å². The molecular weight excluding hydrogens is 230 g/mol. The van der Waals surface area contributed by atoms with Gasteiger partial charge in [0.05, 0.1) is 11.1 Å². The molecule has 1 aromatic rings. The van der Waals surface area contributed by atoms with Crippen LogP contribution in [0, 0.1) is 5.41 Å². The van der Waals surface area contributed by atoms with Gasteiger partial charge in [-0.25, -0.2) is 0 Å². The lowest BCUT2D eigenvalue weighted by molar-refractivity contribution is -0.113. The van der Waals surface area contributed by atoms with Crippen LogP contribution in [0.1, 0.15) is 41.5 Å². The fourth-order valence-electron chi connectivity index (χ4n) is 2.11. The summed E-state index contributed by atoms with van der Waals surface area (Å²) >= 11 is 0. The molecule has 0 N–H and O–H groups in total. The molecule has 0 spiro atoms. The Balaban J connectivity index is 2.48. The molecule has 2 rings (SSSR count). The van der Waals surface area contributed by atoms with Crippen LogP contribution in [0.25, 0.3) is 0 Å². The maximum Gasteiger partial charge on any atom is 0.262 e. The Bertz CT molecular complexity index is 493. The van der Waals surface area contributed by atoms with E-state index in [1.54, 1.807) is 24.3 Å². The van der Waals surface area contributed by atoms with Gasteiger partial charge >= 0.3 is 0 Å². The van der Waals surface area contributed by atoms with Crippen LogP contribution in [-0.2, 0) is 4.79 Å². The van der Waals surface area contributed by atoms with E-state index < -0.39 is 11.5 Å². The number of imide groups is 1. The molecule has 0 saturated carbocycles. The smallest absolute Gasteiger partial charge is 0.262 e. The molecule has 1 heterocycles. The third-order valence-electron chi connectivity index (χ3n) is 3.12. The lowest BCUT2D eigenvalue weighted by Gasteiger charge is -2.32. The first kappa shape index (κ1) is 12.5. The number of hydrogen-bond donors (Lipinski definition) is 0. The third kappa shape index (κ3) is 1.74. The molecule has 0 aromatic heterocycles. The molecule has 0 saturated heterocycles. The number of carbonyl (C=O) groups is 3. The zero-order chi connectivity index (χ0) is 13.5. The SMILES string of the molecule is CC(C)(C)[C@@H](C=O)N1C(=O)c2ccccc2C1=O. The van der Waals surface area contributed by atoms with Gasteiger partial charge in [-0.1, -0.05) is 32.9 Å². The molecule has 18 heavy (non-hydrogen) atoms. The molecule has 2 amide bonds. The number of carbonyl (C=O) groups excluding carboxylic acids is 3. The van der Waals surface area contributed by atoms with Gasteiger partial charge in [-0.2, -0.15) is 0 Å². The minimum absolute atomic E-state index is 0.374. The van der Waals surface area contributed by atoms with Crippen LogP contribution < -0.4 is 0 Å².